The van der Waals surface area contributed by atoms with E-state index in [0.717, 1.165) is 0 Å². The van der Waals surface area contributed by atoms with Crippen LogP contribution in [0.3, 0.4) is 0 Å². The van der Waals surface area contributed by atoms with E-state index in [2.05, 4.69) is 65.6 Å². The maximum Gasteiger partial charge on any atom is 0.0270 e. The molecule has 1 heterocycles. The van der Waals surface area contributed by atoms with E-state index in [1.54, 1.807) is 0 Å². The van der Waals surface area contributed by atoms with Crippen LogP contribution in [0.15, 0.2) is 24.5 Å². The summed E-state index contributed by atoms with van der Waals surface area (Å²) in [4.78, 5) is 3.96. The Balaban J connectivity index is 0. The van der Waals surface area contributed by atoms with Crippen molar-refractivity contribution in [1.82, 2.24) is 4.98 Å². The average molecular weight is 223 g/mol. The van der Waals surface area contributed by atoms with Crippen LogP contribution in [-0.4, -0.2) is 4.98 Å². The molecule has 0 fully saturated rings. The molecule has 0 amide bonds. The van der Waals surface area contributed by atoms with Gasteiger partial charge in [0, 0.05) is 12.4 Å². The molecule has 1 heteroatoms. The number of pyridine rings is 1. The van der Waals surface area contributed by atoms with E-state index < -0.39 is 0 Å². The third-order valence-corrected chi connectivity index (χ3v) is 1.55. The zero-order valence-corrected chi connectivity index (χ0v) is 11.3. The second kappa shape index (κ2) is 6.67. The van der Waals surface area contributed by atoms with Crippen LogP contribution < -0.4 is 0 Å². The molecule has 0 unspecified atom stereocenters. The van der Waals surface area contributed by atoms with E-state index >= 15 is 0 Å². The summed E-state index contributed by atoms with van der Waals surface area (Å²) in [7, 11) is 0. The summed E-state index contributed by atoms with van der Waals surface area (Å²) in [6.45, 7) is 15.3. The van der Waals surface area contributed by atoms with Crippen LogP contribution in [0.4, 0.5) is 0 Å². The van der Waals surface area contributed by atoms with Gasteiger partial charge in [0.15, 0.2) is 0 Å². The molecule has 0 aliphatic carbocycles. The molecule has 0 radical (unpaired) electrons. The Hall–Kier alpha value is -0.850. The Morgan fingerprint density at radius 1 is 0.812 bits per heavy atom. The van der Waals surface area contributed by atoms with Gasteiger partial charge in [0.05, 0.1) is 0 Å². The van der Waals surface area contributed by atoms with Gasteiger partial charge in [0.2, 0.25) is 0 Å². The van der Waals surface area contributed by atoms with Gasteiger partial charge in [-0.2, -0.15) is 0 Å². The maximum atomic E-state index is 3.96. The van der Waals surface area contributed by atoms with Crippen molar-refractivity contribution in [2.24, 2.45) is 5.41 Å². The second-order valence-electron chi connectivity index (χ2n) is 6.49. The molecule has 1 aromatic heterocycles. The zero-order chi connectivity index (χ0) is 12.1. The molecule has 0 atom stereocenters. The van der Waals surface area contributed by atoms with Crippen LogP contribution in [0.5, 0.6) is 0 Å². The van der Waals surface area contributed by atoms with Crippen molar-refractivity contribution in [3.63, 3.8) is 0 Å². The number of aromatic nitrogens is 1. The number of nitrogens with zero attached hydrogens (tertiary/aromatic N) is 1. The van der Waals surface area contributed by atoms with Crippen LogP contribution in [0.1, 0.15) is 61.5 Å². The van der Waals surface area contributed by atoms with Gasteiger partial charge >= 0.3 is 0 Å². The summed E-state index contributed by atoms with van der Waals surface area (Å²) in [6.07, 6.45) is 3.67. The first-order valence-electron chi connectivity index (χ1n) is 5.51. The first kappa shape index (κ1) is 17.5. The molecule has 0 spiro atoms. The average Bonchev–Trinajstić information content (AvgIpc) is 2.01. The lowest BCUT2D eigenvalue weighted by Crippen LogP contribution is -2.10. The van der Waals surface area contributed by atoms with Crippen LogP contribution in [0.2, 0.25) is 0 Å². The van der Waals surface area contributed by atoms with Gasteiger partial charge in [-0.25, -0.2) is 0 Å². The van der Waals surface area contributed by atoms with Crippen molar-refractivity contribution in [3.8, 4) is 0 Å². The summed E-state index contributed by atoms with van der Waals surface area (Å²) >= 11 is 0. The van der Waals surface area contributed by atoms with E-state index in [9.17, 15) is 0 Å². The highest BCUT2D eigenvalue weighted by Gasteiger charge is 2.11. The second-order valence-corrected chi connectivity index (χ2v) is 6.49. The Bertz CT molecular complexity index is 256. The van der Waals surface area contributed by atoms with Gasteiger partial charge in [-0.3, -0.25) is 4.98 Å². The first-order chi connectivity index (χ1) is 6.61. The summed E-state index contributed by atoms with van der Waals surface area (Å²) in [6, 6.07) is 4.11. The van der Waals surface area contributed by atoms with Crippen molar-refractivity contribution in [2.45, 2.75) is 61.3 Å². The molecule has 0 aliphatic rings. The largest absolute Gasteiger partial charge is 0.265 e. The Morgan fingerprint density at radius 2 is 1.12 bits per heavy atom. The number of hydrogen-bond acceptors (Lipinski definition) is 1. The molecule has 94 valence electrons. The van der Waals surface area contributed by atoms with Crippen molar-refractivity contribution in [2.75, 3.05) is 0 Å². The van der Waals surface area contributed by atoms with E-state index in [1.165, 1.54) is 5.56 Å². The molecule has 0 aromatic carbocycles. The fourth-order valence-electron chi connectivity index (χ4n) is 0.852. The predicted octanol–water partition coefficient (Wildman–Crippen LogP) is 5.07. The lowest BCUT2D eigenvalue weighted by Gasteiger charge is -2.17. The van der Waals surface area contributed by atoms with Gasteiger partial charge in [-0.15, -0.1) is 0 Å². The molecule has 0 bridgehead atoms. The monoisotopic (exact) mass is 223 g/mol. The SMILES string of the molecule is C.CC(C)(C)C.CC(C)(C)c1ccncc1. The third-order valence-electron chi connectivity index (χ3n) is 1.55. The molecule has 1 nitrogen and oxygen atoms in total. The lowest BCUT2D eigenvalue weighted by atomic mass is 9.88. The number of rotatable bonds is 0. The highest BCUT2D eigenvalue weighted by atomic mass is 14.6. The van der Waals surface area contributed by atoms with Crippen molar-refractivity contribution in [1.29, 1.82) is 0 Å². The first-order valence-corrected chi connectivity index (χ1v) is 5.51. The van der Waals surface area contributed by atoms with Gasteiger partial charge < -0.3 is 0 Å². The van der Waals surface area contributed by atoms with Crippen LogP contribution in [-0.2, 0) is 5.41 Å². The fourth-order valence-corrected chi connectivity index (χ4v) is 0.852. The van der Waals surface area contributed by atoms with Gasteiger partial charge in [0.1, 0.15) is 0 Å². The van der Waals surface area contributed by atoms with Crippen molar-refractivity contribution in [3.05, 3.63) is 30.1 Å². The van der Waals surface area contributed by atoms with Crippen molar-refractivity contribution < 1.29 is 0 Å². The van der Waals surface area contributed by atoms with Crippen LogP contribution >= 0.6 is 0 Å². The molecule has 0 N–H and O–H groups in total. The maximum absolute atomic E-state index is 3.96. The molecule has 1 rings (SSSR count). The zero-order valence-electron chi connectivity index (χ0n) is 11.3. The summed E-state index contributed by atoms with van der Waals surface area (Å²) in [5, 5.41) is 0. The minimum Gasteiger partial charge on any atom is -0.265 e. The lowest BCUT2D eigenvalue weighted by molar-refractivity contribution is 0.469. The van der Waals surface area contributed by atoms with E-state index in [4.69, 9.17) is 0 Å². The molecule has 16 heavy (non-hydrogen) atoms. The topological polar surface area (TPSA) is 12.9 Å². The van der Waals surface area contributed by atoms with E-state index in [-0.39, 0.29) is 12.8 Å². The minimum absolute atomic E-state index is 0. The van der Waals surface area contributed by atoms with Crippen molar-refractivity contribution >= 4 is 0 Å². The summed E-state index contributed by atoms with van der Waals surface area (Å²) < 4.78 is 0. The molecule has 1 aromatic rings. The Kier molecular flexibility index (Phi) is 7.32. The number of hydrogen-bond donors (Lipinski definition) is 0. The molecule has 0 saturated heterocycles. The molecule has 0 aliphatic heterocycles. The quantitative estimate of drug-likeness (QED) is 0.598. The highest BCUT2D eigenvalue weighted by molar-refractivity contribution is 5.18. The fraction of sp³-hybridized carbons (Fsp3) is 0.667. The molecule has 0 saturated carbocycles. The predicted molar refractivity (Wildman–Crippen MR) is 74.8 cm³/mol. The highest BCUT2D eigenvalue weighted by Crippen LogP contribution is 2.20. The Labute approximate surface area is 102 Å². The van der Waals surface area contributed by atoms with Gasteiger partial charge in [-0.05, 0) is 28.5 Å². The molecular formula is C15H29N. The van der Waals surface area contributed by atoms with Gasteiger partial charge in [0.25, 0.3) is 0 Å². The minimum atomic E-state index is 0. The Morgan fingerprint density at radius 3 is 1.31 bits per heavy atom. The smallest absolute Gasteiger partial charge is 0.0270 e. The van der Waals surface area contributed by atoms with Crippen LogP contribution in [0, 0.1) is 5.41 Å². The third kappa shape index (κ3) is 11.2. The summed E-state index contributed by atoms with van der Waals surface area (Å²) in [5.41, 5.74) is 2.09. The summed E-state index contributed by atoms with van der Waals surface area (Å²) in [5.74, 6) is 0. The standard InChI is InChI=1S/C9H13N.C5H12.CH4/c1-9(2,3)8-4-6-10-7-5-8;1-5(2,3)4;/h4-7H,1-3H3;1-4H3;1H4. The van der Waals surface area contributed by atoms with Crippen LogP contribution in [0.25, 0.3) is 0 Å². The van der Waals surface area contributed by atoms with E-state index in [1.807, 2.05) is 12.4 Å². The normalized spacial score (nSPS) is 10.9. The van der Waals surface area contributed by atoms with Gasteiger partial charge in [-0.1, -0.05) is 55.9 Å². The van der Waals surface area contributed by atoms with E-state index in [0.29, 0.717) is 5.41 Å². The molecular weight excluding hydrogens is 194 g/mol.